The maximum absolute atomic E-state index is 13.7. The number of carbonyl (C=O) groups excluding carboxylic acids is 1. The Hall–Kier alpha value is -2.28. The summed E-state index contributed by atoms with van der Waals surface area (Å²) in [5, 5.41) is 0. The number of hydrogen-bond donors (Lipinski definition) is 0. The Labute approximate surface area is 141 Å². The lowest BCUT2D eigenvalue weighted by molar-refractivity contribution is -0.120. The zero-order valence-electron chi connectivity index (χ0n) is 13.3. The highest BCUT2D eigenvalue weighted by Gasteiger charge is 2.28. The minimum Gasteiger partial charge on any atom is -0.381 e. The van der Waals surface area contributed by atoms with E-state index in [-0.39, 0.29) is 18.6 Å². The fourth-order valence-electron chi connectivity index (χ4n) is 2.45. The Bertz CT molecular complexity index is 733. The fraction of sp³-hybridized carbons (Fsp3) is 0.278. The van der Waals surface area contributed by atoms with Gasteiger partial charge in [-0.25, -0.2) is 22.0 Å². The van der Waals surface area contributed by atoms with Gasteiger partial charge in [-0.1, -0.05) is 30.3 Å². The van der Waals surface area contributed by atoms with Crippen molar-refractivity contribution < 1.29 is 31.5 Å². The highest BCUT2D eigenvalue weighted by atomic mass is 19.2. The molecule has 0 heterocycles. The molecule has 0 amide bonds. The summed E-state index contributed by atoms with van der Waals surface area (Å²) in [5.41, 5.74) is -0.241. The van der Waals surface area contributed by atoms with Crippen LogP contribution in [0.1, 0.15) is 17.5 Å². The van der Waals surface area contributed by atoms with E-state index in [9.17, 15) is 26.7 Å². The number of ketones is 1. The van der Waals surface area contributed by atoms with E-state index in [1.54, 1.807) is 30.3 Å². The maximum atomic E-state index is 13.7. The van der Waals surface area contributed by atoms with E-state index in [1.807, 2.05) is 0 Å². The Balaban J connectivity index is 2.14. The van der Waals surface area contributed by atoms with E-state index in [2.05, 4.69) is 0 Å². The molecule has 1 unspecified atom stereocenters. The second kappa shape index (κ2) is 8.20. The number of rotatable bonds is 7. The molecule has 0 bridgehead atoms. The van der Waals surface area contributed by atoms with Crippen molar-refractivity contribution in [3.8, 4) is 0 Å². The van der Waals surface area contributed by atoms with Crippen molar-refractivity contribution in [3.05, 3.63) is 70.5 Å². The molecule has 0 saturated carbocycles. The maximum Gasteiger partial charge on any atom is 0.200 e. The summed E-state index contributed by atoms with van der Waals surface area (Å²) in [7, 11) is 1.20. The van der Waals surface area contributed by atoms with E-state index in [1.165, 1.54) is 7.11 Å². The number of carbonyl (C=O) groups is 1. The number of Topliss-reactive ketones (excluding diaryl/α,β-unsaturated/α-hetero) is 1. The molecule has 2 aromatic rings. The van der Waals surface area contributed by atoms with Crippen LogP contribution in [0.2, 0.25) is 0 Å². The van der Waals surface area contributed by atoms with Crippen LogP contribution in [0.4, 0.5) is 22.0 Å². The topological polar surface area (TPSA) is 26.3 Å². The van der Waals surface area contributed by atoms with Crippen LogP contribution in [0.25, 0.3) is 0 Å². The molecule has 2 aromatic carbocycles. The second-order valence-electron chi connectivity index (χ2n) is 5.52. The van der Waals surface area contributed by atoms with Gasteiger partial charge in [0, 0.05) is 31.9 Å². The van der Waals surface area contributed by atoms with Crippen molar-refractivity contribution in [3.63, 3.8) is 0 Å². The number of methoxy groups -OCH3 is 1. The Kier molecular flexibility index (Phi) is 6.25. The van der Waals surface area contributed by atoms with E-state index in [0.29, 0.717) is 0 Å². The molecule has 0 spiro atoms. The second-order valence-corrected chi connectivity index (χ2v) is 5.52. The van der Waals surface area contributed by atoms with E-state index in [4.69, 9.17) is 4.74 Å². The zero-order chi connectivity index (χ0) is 18.6. The predicted octanol–water partition coefficient (Wildman–Crippen LogP) is 4.14. The first-order valence-electron chi connectivity index (χ1n) is 7.43. The molecule has 134 valence electrons. The molecule has 25 heavy (non-hydrogen) atoms. The molecule has 0 aliphatic carbocycles. The fourth-order valence-corrected chi connectivity index (χ4v) is 2.45. The van der Waals surface area contributed by atoms with Crippen LogP contribution >= 0.6 is 0 Å². The van der Waals surface area contributed by atoms with E-state index >= 15 is 0 Å². The van der Waals surface area contributed by atoms with Gasteiger partial charge in [0.1, 0.15) is 5.78 Å². The number of ether oxygens (including phenoxy) is 1. The lowest BCUT2D eigenvalue weighted by Crippen LogP contribution is -2.22. The van der Waals surface area contributed by atoms with Crippen molar-refractivity contribution in [1.82, 2.24) is 0 Å². The predicted molar refractivity (Wildman–Crippen MR) is 80.5 cm³/mol. The minimum absolute atomic E-state index is 0.0812. The van der Waals surface area contributed by atoms with Gasteiger partial charge in [0.05, 0.1) is 6.10 Å². The molecular weight excluding hydrogens is 343 g/mol. The Morgan fingerprint density at radius 2 is 1.44 bits per heavy atom. The molecule has 0 N–H and O–H groups in total. The molecule has 7 heteroatoms. The molecule has 0 aliphatic rings. The van der Waals surface area contributed by atoms with Crippen molar-refractivity contribution >= 4 is 5.78 Å². The molecule has 2 rings (SSSR count). The van der Waals surface area contributed by atoms with Crippen molar-refractivity contribution in [1.29, 1.82) is 0 Å². The van der Waals surface area contributed by atoms with Crippen LogP contribution in [0.15, 0.2) is 30.3 Å². The number of benzene rings is 2. The van der Waals surface area contributed by atoms with Crippen molar-refractivity contribution in [2.75, 3.05) is 7.11 Å². The van der Waals surface area contributed by atoms with Crippen LogP contribution in [0.5, 0.6) is 0 Å². The van der Waals surface area contributed by atoms with Crippen LogP contribution in [-0.2, 0) is 22.4 Å². The zero-order valence-corrected chi connectivity index (χ0v) is 13.3. The number of hydrogen-bond acceptors (Lipinski definition) is 2. The normalized spacial score (nSPS) is 12.2. The molecule has 0 aliphatic heterocycles. The highest BCUT2D eigenvalue weighted by molar-refractivity contribution is 5.81. The molecular formula is C18H15F5O2. The highest BCUT2D eigenvalue weighted by Crippen LogP contribution is 2.25. The third-order valence-corrected chi connectivity index (χ3v) is 3.77. The Morgan fingerprint density at radius 1 is 0.920 bits per heavy atom. The first kappa shape index (κ1) is 19.1. The summed E-state index contributed by atoms with van der Waals surface area (Å²) in [5.74, 6) is -10.3. The quantitative estimate of drug-likeness (QED) is 0.422. The summed E-state index contributed by atoms with van der Waals surface area (Å²) in [6.45, 7) is 0. The van der Waals surface area contributed by atoms with Crippen LogP contribution < -0.4 is 0 Å². The third kappa shape index (κ3) is 4.42. The van der Waals surface area contributed by atoms with Crippen molar-refractivity contribution in [2.24, 2.45) is 0 Å². The molecule has 2 nitrogen and oxygen atoms in total. The average molecular weight is 358 g/mol. The summed E-state index contributed by atoms with van der Waals surface area (Å²) in [6, 6.07) is 8.78. The average Bonchev–Trinajstić information content (AvgIpc) is 2.61. The van der Waals surface area contributed by atoms with Gasteiger partial charge in [-0.2, -0.15) is 0 Å². The SMILES string of the molecule is COC(CC(=O)Cc1ccccc1)Cc1c(F)c(F)c(F)c(F)c1F. The van der Waals surface area contributed by atoms with Gasteiger partial charge in [-0.3, -0.25) is 4.79 Å². The Morgan fingerprint density at radius 3 is 1.96 bits per heavy atom. The molecule has 0 aromatic heterocycles. The van der Waals surface area contributed by atoms with E-state index in [0.717, 1.165) is 5.56 Å². The molecule has 0 saturated heterocycles. The lowest BCUT2D eigenvalue weighted by Gasteiger charge is -2.16. The van der Waals surface area contributed by atoms with Gasteiger partial charge in [-0.15, -0.1) is 0 Å². The minimum atomic E-state index is -2.21. The van der Waals surface area contributed by atoms with Gasteiger partial charge in [-0.05, 0) is 5.56 Å². The smallest absolute Gasteiger partial charge is 0.200 e. The van der Waals surface area contributed by atoms with E-state index < -0.39 is 47.2 Å². The van der Waals surface area contributed by atoms with Crippen LogP contribution in [-0.4, -0.2) is 19.0 Å². The van der Waals surface area contributed by atoms with Gasteiger partial charge in [0.2, 0.25) is 5.82 Å². The van der Waals surface area contributed by atoms with Crippen molar-refractivity contribution in [2.45, 2.75) is 25.4 Å². The van der Waals surface area contributed by atoms with Crippen LogP contribution in [0.3, 0.4) is 0 Å². The summed E-state index contributed by atoms with van der Waals surface area (Å²) >= 11 is 0. The number of halogens is 5. The summed E-state index contributed by atoms with van der Waals surface area (Å²) in [4.78, 5) is 12.1. The van der Waals surface area contributed by atoms with Gasteiger partial charge in [0.25, 0.3) is 0 Å². The first-order valence-corrected chi connectivity index (χ1v) is 7.43. The monoisotopic (exact) mass is 358 g/mol. The van der Waals surface area contributed by atoms with Crippen LogP contribution in [0, 0.1) is 29.1 Å². The molecule has 0 fully saturated rings. The molecule has 1 atom stereocenters. The molecule has 0 radical (unpaired) electrons. The van der Waals surface area contributed by atoms with Gasteiger partial charge < -0.3 is 4.74 Å². The standard InChI is InChI=1S/C18H15F5O2/c1-25-12(8-11(24)7-10-5-3-2-4-6-10)9-13-14(19)16(21)18(23)17(22)15(13)20/h2-6,12H,7-9H2,1H3. The third-order valence-electron chi connectivity index (χ3n) is 3.77. The van der Waals surface area contributed by atoms with Gasteiger partial charge >= 0.3 is 0 Å². The first-order chi connectivity index (χ1) is 11.8. The van der Waals surface area contributed by atoms with Gasteiger partial charge in [0.15, 0.2) is 23.3 Å². The summed E-state index contributed by atoms with van der Waals surface area (Å²) in [6.07, 6.45) is -1.75. The summed E-state index contributed by atoms with van der Waals surface area (Å²) < 4.78 is 72.0. The lowest BCUT2D eigenvalue weighted by atomic mass is 9.99. The largest absolute Gasteiger partial charge is 0.381 e.